The van der Waals surface area contributed by atoms with Crippen molar-refractivity contribution in [2.45, 2.75) is 25.8 Å². The number of nitrogens with one attached hydrogen (secondary N) is 1. The van der Waals surface area contributed by atoms with Crippen molar-refractivity contribution in [1.29, 1.82) is 0 Å². The van der Waals surface area contributed by atoms with Gasteiger partial charge in [0, 0.05) is 5.69 Å². The molecule has 17 heavy (non-hydrogen) atoms. The number of carboxylic acids is 1. The summed E-state index contributed by atoms with van der Waals surface area (Å²) in [7, 11) is 0. The van der Waals surface area contributed by atoms with Crippen LogP contribution in [-0.2, 0) is 16.0 Å². The second-order valence-electron chi connectivity index (χ2n) is 3.78. The molecule has 1 aromatic rings. The van der Waals surface area contributed by atoms with Crippen LogP contribution in [0.15, 0.2) is 24.3 Å². The van der Waals surface area contributed by atoms with Crippen LogP contribution in [0.5, 0.6) is 0 Å². The topological polar surface area (TPSA) is 92.4 Å². The van der Waals surface area contributed by atoms with Crippen molar-refractivity contribution in [3.63, 3.8) is 0 Å². The van der Waals surface area contributed by atoms with Gasteiger partial charge < -0.3 is 16.2 Å². The molecular weight excluding hydrogens is 220 g/mol. The van der Waals surface area contributed by atoms with Gasteiger partial charge in [-0.3, -0.25) is 4.79 Å². The van der Waals surface area contributed by atoms with E-state index in [1.165, 1.54) is 0 Å². The molecule has 0 saturated heterocycles. The van der Waals surface area contributed by atoms with E-state index >= 15 is 0 Å². The van der Waals surface area contributed by atoms with Crippen molar-refractivity contribution in [1.82, 2.24) is 0 Å². The van der Waals surface area contributed by atoms with E-state index < -0.39 is 12.0 Å². The molecule has 0 spiro atoms. The fourth-order valence-electron chi connectivity index (χ4n) is 1.46. The highest BCUT2D eigenvalue weighted by Gasteiger charge is 2.13. The maximum absolute atomic E-state index is 10.8. The Kier molecular flexibility index (Phi) is 4.51. The zero-order chi connectivity index (χ0) is 12.8. The van der Waals surface area contributed by atoms with Crippen molar-refractivity contribution < 1.29 is 14.7 Å². The quantitative estimate of drug-likeness (QED) is 0.686. The summed E-state index contributed by atoms with van der Waals surface area (Å²) >= 11 is 0. The molecular formula is C12H16N2O3. The molecule has 0 fully saturated rings. The number of hydrogen-bond acceptors (Lipinski definition) is 3. The molecule has 92 valence electrons. The van der Waals surface area contributed by atoms with Gasteiger partial charge in [-0.15, -0.1) is 0 Å². The Morgan fingerprint density at radius 1 is 1.35 bits per heavy atom. The fraction of sp³-hybridized carbons (Fsp3) is 0.333. The van der Waals surface area contributed by atoms with Crippen LogP contribution in [0.1, 0.15) is 18.9 Å². The Hall–Kier alpha value is -2.04. The van der Waals surface area contributed by atoms with E-state index in [4.69, 9.17) is 10.8 Å². The molecule has 0 aliphatic heterocycles. The number of aliphatic carboxylic acids is 1. The predicted octanol–water partition coefficient (Wildman–Crippen LogP) is 0.990. The van der Waals surface area contributed by atoms with Gasteiger partial charge in [-0.25, -0.2) is 4.79 Å². The number of nitrogens with two attached hydrogens (primary N) is 1. The van der Waals surface area contributed by atoms with E-state index in [1.54, 1.807) is 31.2 Å². The number of benzene rings is 1. The first-order chi connectivity index (χ1) is 8.02. The lowest BCUT2D eigenvalue weighted by molar-refractivity contribution is -0.138. The summed E-state index contributed by atoms with van der Waals surface area (Å²) in [6.07, 6.45) is 0.689. The van der Waals surface area contributed by atoms with Crippen LogP contribution in [0.3, 0.4) is 0 Å². The molecule has 0 aliphatic carbocycles. The van der Waals surface area contributed by atoms with E-state index in [-0.39, 0.29) is 12.3 Å². The molecule has 5 nitrogen and oxygen atoms in total. The Balaban J connectivity index is 2.67. The van der Waals surface area contributed by atoms with Gasteiger partial charge >= 0.3 is 5.97 Å². The number of carbonyl (C=O) groups excluding carboxylic acids is 1. The SMILES string of the molecule is CCC(Nc1ccc(CC(N)=O)cc1)C(=O)O. The summed E-state index contributed by atoms with van der Waals surface area (Å²) in [5.74, 6) is -1.27. The van der Waals surface area contributed by atoms with Gasteiger partial charge in [0.1, 0.15) is 6.04 Å². The van der Waals surface area contributed by atoms with E-state index in [9.17, 15) is 9.59 Å². The van der Waals surface area contributed by atoms with Crippen molar-refractivity contribution in [2.24, 2.45) is 5.73 Å². The largest absolute Gasteiger partial charge is 0.480 e. The van der Waals surface area contributed by atoms with Gasteiger partial charge in [0.25, 0.3) is 0 Å². The van der Waals surface area contributed by atoms with Crippen LogP contribution >= 0.6 is 0 Å². The number of carbonyl (C=O) groups is 2. The minimum absolute atomic E-state index is 0.191. The predicted molar refractivity (Wildman–Crippen MR) is 64.7 cm³/mol. The summed E-state index contributed by atoms with van der Waals surface area (Å²) < 4.78 is 0. The van der Waals surface area contributed by atoms with Crippen LogP contribution in [0.2, 0.25) is 0 Å². The molecule has 4 N–H and O–H groups in total. The first-order valence-electron chi connectivity index (χ1n) is 5.39. The maximum Gasteiger partial charge on any atom is 0.326 e. The summed E-state index contributed by atoms with van der Waals surface area (Å²) in [6.45, 7) is 1.80. The third-order valence-corrected chi connectivity index (χ3v) is 2.38. The van der Waals surface area contributed by atoms with Crippen LogP contribution in [-0.4, -0.2) is 23.0 Å². The Morgan fingerprint density at radius 2 is 1.94 bits per heavy atom. The lowest BCUT2D eigenvalue weighted by Crippen LogP contribution is -2.28. The molecule has 0 aliphatic rings. The van der Waals surface area contributed by atoms with Crippen molar-refractivity contribution in [2.75, 3.05) is 5.32 Å². The first kappa shape index (κ1) is 13.0. The zero-order valence-electron chi connectivity index (χ0n) is 9.64. The van der Waals surface area contributed by atoms with Crippen molar-refractivity contribution in [3.05, 3.63) is 29.8 Å². The van der Waals surface area contributed by atoms with Crippen molar-refractivity contribution in [3.8, 4) is 0 Å². The molecule has 1 aromatic carbocycles. The van der Waals surface area contributed by atoms with Crippen LogP contribution < -0.4 is 11.1 Å². The monoisotopic (exact) mass is 236 g/mol. The second-order valence-corrected chi connectivity index (χ2v) is 3.78. The van der Waals surface area contributed by atoms with Gasteiger partial charge in [0.2, 0.25) is 5.91 Å². The Morgan fingerprint density at radius 3 is 2.35 bits per heavy atom. The van der Waals surface area contributed by atoms with Gasteiger partial charge in [-0.05, 0) is 24.1 Å². The molecule has 1 unspecified atom stereocenters. The molecule has 0 radical (unpaired) electrons. The number of rotatable bonds is 6. The molecule has 5 heteroatoms. The molecule has 1 amide bonds. The van der Waals surface area contributed by atoms with Crippen molar-refractivity contribution >= 4 is 17.6 Å². The minimum atomic E-state index is -0.881. The van der Waals surface area contributed by atoms with E-state index in [0.717, 1.165) is 5.56 Å². The molecule has 1 atom stereocenters. The number of hydrogen-bond donors (Lipinski definition) is 3. The molecule has 0 aromatic heterocycles. The molecule has 0 heterocycles. The molecule has 0 bridgehead atoms. The average molecular weight is 236 g/mol. The third kappa shape index (κ3) is 4.14. The van der Waals surface area contributed by atoms with Crippen LogP contribution in [0.4, 0.5) is 5.69 Å². The lowest BCUT2D eigenvalue weighted by Gasteiger charge is -2.13. The average Bonchev–Trinajstić information content (AvgIpc) is 2.26. The molecule has 1 rings (SSSR count). The first-order valence-corrected chi connectivity index (χ1v) is 5.39. The lowest BCUT2D eigenvalue weighted by atomic mass is 10.1. The number of carboxylic acid groups (broad SMARTS) is 1. The highest BCUT2D eigenvalue weighted by Crippen LogP contribution is 2.12. The van der Waals surface area contributed by atoms with Crippen LogP contribution in [0, 0.1) is 0 Å². The van der Waals surface area contributed by atoms with Gasteiger partial charge in [-0.1, -0.05) is 19.1 Å². The molecule has 0 saturated carbocycles. The van der Waals surface area contributed by atoms with Gasteiger partial charge in [0.15, 0.2) is 0 Å². The third-order valence-electron chi connectivity index (χ3n) is 2.38. The summed E-state index contributed by atoms with van der Waals surface area (Å²) in [5, 5.41) is 11.8. The van der Waals surface area contributed by atoms with E-state index in [1.807, 2.05) is 0 Å². The highest BCUT2D eigenvalue weighted by molar-refractivity contribution is 5.78. The maximum atomic E-state index is 10.8. The second kappa shape index (κ2) is 5.89. The number of amides is 1. The van der Waals surface area contributed by atoms with Crippen LogP contribution in [0.25, 0.3) is 0 Å². The summed E-state index contributed by atoms with van der Waals surface area (Å²) in [4.78, 5) is 21.5. The van der Waals surface area contributed by atoms with E-state index in [0.29, 0.717) is 12.1 Å². The standard InChI is InChI=1S/C12H16N2O3/c1-2-10(12(16)17)14-9-5-3-8(4-6-9)7-11(13)15/h3-6,10,14H,2,7H2,1H3,(H2,13,15)(H,16,17). The summed E-state index contributed by atoms with van der Waals surface area (Å²) in [5.41, 5.74) is 6.60. The van der Waals surface area contributed by atoms with Gasteiger partial charge in [0.05, 0.1) is 6.42 Å². The zero-order valence-corrected chi connectivity index (χ0v) is 9.64. The number of primary amides is 1. The normalized spacial score (nSPS) is 11.8. The van der Waals surface area contributed by atoms with E-state index in [2.05, 4.69) is 5.32 Å². The smallest absolute Gasteiger partial charge is 0.326 e. The highest BCUT2D eigenvalue weighted by atomic mass is 16.4. The Labute approximate surface area is 99.6 Å². The number of anilines is 1. The van der Waals surface area contributed by atoms with Gasteiger partial charge in [-0.2, -0.15) is 0 Å². The minimum Gasteiger partial charge on any atom is -0.480 e. The fourth-order valence-corrected chi connectivity index (χ4v) is 1.46. The summed E-state index contributed by atoms with van der Waals surface area (Å²) in [6, 6.07) is 6.38. The Bertz CT molecular complexity index is 401.